The summed E-state index contributed by atoms with van der Waals surface area (Å²) in [7, 11) is 1.88. The predicted octanol–water partition coefficient (Wildman–Crippen LogP) is 0.902. The van der Waals surface area contributed by atoms with Crippen LogP contribution < -0.4 is 5.32 Å². The molecular weight excluding hydrogens is 182 g/mol. The summed E-state index contributed by atoms with van der Waals surface area (Å²) in [4.78, 5) is 8.13. The molecule has 2 aromatic rings. The lowest BCUT2D eigenvalue weighted by Crippen LogP contribution is -1.96. The highest BCUT2D eigenvalue weighted by molar-refractivity contribution is 5.49. The van der Waals surface area contributed by atoms with E-state index < -0.39 is 0 Å². The Balaban J connectivity index is 2.29. The molecule has 6 heteroatoms. The zero-order valence-electron chi connectivity index (χ0n) is 8.06. The summed E-state index contributed by atoms with van der Waals surface area (Å²) in [5, 5.41) is 6.77. The van der Waals surface area contributed by atoms with E-state index in [1.807, 2.05) is 18.5 Å². The number of rotatable bonds is 3. The van der Waals surface area contributed by atoms with Crippen LogP contribution >= 0.6 is 0 Å². The van der Waals surface area contributed by atoms with E-state index in [9.17, 15) is 0 Å². The van der Waals surface area contributed by atoms with Crippen LogP contribution in [-0.4, -0.2) is 26.2 Å². The summed E-state index contributed by atoms with van der Waals surface area (Å²) in [6.45, 7) is 2.72. The highest BCUT2D eigenvalue weighted by Crippen LogP contribution is 2.15. The molecular formula is C8H11N5O. The van der Waals surface area contributed by atoms with Crippen molar-refractivity contribution >= 4 is 6.01 Å². The molecule has 0 fully saturated rings. The van der Waals surface area contributed by atoms with Crippen molar-refractivity contribution in [2.45, 2.75) is 6.92 Å². The summed E-state index contributed by atoms with van der Waals surface area (Å²) in [5.41, 5.74) is 0.831. The van der Waals surface area contributed by atoms with Crippen molar-refractivity contribution in [3.63, 3.8) is 0 Å². The van der Waals surface area contributed by atoms with Gasteiger partial charge in [-0.2, -0.15) is 4.98 Å². The Morgan fingerprint density at radius 1 is 1.57 bits per heavy atom. The van der Waals surface area contributed by atoms with Gasteiger partial charge in [-0.25, -0.2) is 4.98 Å². The molecule has 2 rings (SSSR count). The topological polar surface area (TPSA) is 68.8 Å². The fraction of sp³-hybridized carbons (Fsp3) is 0.375. The van der Waals surface area contributed by atoms with Gasteiger partial charge in [0.15, 0.2) is 0 Å². The average Bonchev–Trinajstić information content (AvgIpc) is 2.74. The van der Waals surface area contributed by atoms with E-state index in [4.69, 9.17) is 4.52 Å². The van der Waals surface area contributed by atoms with Crippen LogP contribution in [-0.2, 0) is 7.05 Å². The molecule has 14 heavy (non-hydrogen) atoms. The number of anilines is 1. The maximum atomic E-state index is 4.97. The Morgan fingerprint density at radius 3 is 3.07 bits per heavy atom. The van der Waals surface area contributed by atoms with Crippen LogP contribution in [0.15, 0.2) is 17.0 Å². The standard InChI is InChI=1S/C8H11N5O/c1-3-10-8-11-7(12-14-8)6-4-9-5-13(6)2/h4-5H,3H2,1-2H3,(H,10,11,12). The minimum atomic E-state index is 0.434. The molecule has 0 aliphatic heterocycles. The van der Waals surface area contributed by atoms with Crippen molar-refractivity contribution in [2.24, 2.45) is 7.05 Å². The molecule has 0 aliphatic rings. The Morgan fingerprint density at radius 2 is 2.43 bits per heavy atom. The first-order valence-electron chi connectivity index (χ1n) is 4.35. The molecule has 0 aromatic carbocycles. The van der Waals surface area contributed by atoms with E-state index in [0.717, 1.165) is 12.2 Å². The van der Waals surface area contributed by atoms with Crippen LogP contribution in [0, 0.1) is 0 Å². The lowest BCUT2D eigenvalue weighted by molar-refractivity contribution is 0.432. The lowest BCUT2D eigenvalue weighted by Gasteiger charge is -1.93. The van der Waals surface area contributed by atoms with Crippen LogP contribution in [0.3, 0.4) is 0 Å². The van der Waals surface area contributed by atoms with Crippen molar-refractivity contribution < 1.29 is 4.52 Å². The molecule has 0 aliphatic carbocycles. The van der Waals surface area contributed by atoms with Gasteiger partial charge in [0, 0.05) is 13.6 Å². The van der Waals surface area contributed by atoms with Gasteiger partial charge < -0.3 is 14.4 Å². The van der Waals surface area contributed by atoms with Crippen molar-refractivity contribution in [3.05, 3.63) is 12.5 Å². The average molecular weight is 193 g/mol. The largest absolute Gasteiger partial charge is 0.338 e. The van der Waals surface area contributed by atoms with Gasteiger partial charge in [0.25, 0.3) is 0 Å². The second-order valence-electron chi connectivity index (χ2n) is 2.84. The minimum absolute atomic E-state index is 0.434. The Bertz CT molecular complexity index is 419. The monoisotopic (exact) mass is 193 g/mol. The molecule has 0 saturated heterocycles. The quantitative estimate of drug-likeness (QED) is 0.784. The molecule has 0 radical (unpaired) electrons. The molecule has 0 spiro atoms. The number of nitrogens with one attached hydrogen (secondary N) is 1. The first-order valence-corrected chi connectivity index (χ1v) is 4.35. The van der Waals surface area contributed by atoms with E-state index >= 15 is 0 Å². The molecule has 0 amide bonds. The summed E-state index contributed by atoms with van der Waals surface area (Å²) in [6, 6.07) is 0.434. The van der Waals surface area contributed by atoms with E-state index in [1.165, 1.54) is 0 Å². The second kappa shape index (κ2) is 3.49. The zero-order valence-corrected chi connectivity index (χ0v) is 8.06. The Kier molecular flexibility index (Phi) is 2.18. The van der Waals surface area contributed by atoms with Crippen LogP contribution in [0.5, 0.6) is 0 Å². The fourth-order valence-corrected chi connectivity index (χ4v) is 1.12. The van der Waals surface area contributed by atoms with Crippen LogP contribution in [0.25, 0.3) is 11.5 Å². The van der Waals surface area contributed by atoms with E-state index in [2.05, 4.69) is 20.4 Å². The molecule has 1 N–H and O–H groups in total. The number of aryl methyl sites for hydroxylation is 1. The third kappa shape index (κ3) is 1.46. The summed E-state index contributed by atoms with van der Waals surface area (Å²) in [5.74, 6) is 0.543. The number of hydrogen-bond donors (Lipinski definition) is 1. The molecule has 0 bridgehead atoms. The van der Waals surface area contributed by atoms with E-state index in [0.29, 0.717) is 11.8 Å². The van der Waals surface area contributed by atoms with Crippen LogP contribution in [0.2, 0.25) is 0 Å². The summed E-state index contributed by atoms with van der Waals surface area (Å²) in [6.07, 6.45) is 3.39. The first kappa shape index (κ1) is 8.74. The molecule has 0 atom stereocenters. The van der Waals surface area contributed by atoms with Gasteiger partial charge in [0.05, 0.1) is 12.5 Å². The Labute approximate surface area is 81.0 Å². The SMILES string of the molecule is CCNc1nc(-c2cncn2C)no1. The third-order valence-electron chi connectivity index (χ3n) is 1.80. The minimum Gasteiger partial charge on any atom is -0.338 e. The van der Waals surface area contributed by atoms with Gasteiger partial charge in [0.2, 0.25) is 5.82 Å². The van der Waals surface area contributed by atoms with Gasteiger partial charge in [-0.05, 0) is 6.92 Å². The molecule has 2 aromatic heterocycles. The third-order valence-corrected chi connectivity index (χ3v) is 1.80. The highest BCUT2D eigenvalue weighted by atomic mass is 16.5. The summed E-state index contributed by atoms with van der Waals surface area (Å²) < 4.78 is 6.80. The maximum absolute atomic E-state index is 4.97. The van der Waals surface area contributed by atoms with Crippen LogP contribution in [0.1, 0.15) is 6.92 Å². The molecule has 2 heterocycles. The lowest BCUT2D eigenvalue weighted by atomic mass is 10.4. The van der Waals surface area contributed by atoms with Crippen LogP contribution in [0.4, 0.5) is 6.01 Å². The maximum Gasteiger partial charge on any atom is 0.321 e. The molecule has 0 saturated carbocycles. The zero-order chi connectivity index (χ0) is 9.97. The van der Waals surface area contributed by atoms with Gasteiger partial charge in [-0.3, -0.25) is 0 Å². The van der Waals surface area contributed by atoms with E-state index in [1.54, 1.807) is 12.5 Å². The first-order chi connectivity index (χ1) is 6.81. The summed E-state index contributed by atoms with van der Waals surface area (Å²) >= 11 is 0. The number of aromatic nitrogens is 4. The van der Waals surface area contributed by atoms with Crippen molar-refractivity contribution in [3.8, 4) is 11.5 Å². The van der Waals surface area contributed by atoms with Crippen molar-refractivity contribution in [1.29, 1.82) is 0 Å². The number of nitrogens with zero attached hydrogens (tertiary/aromatic N) is 4. The van der Waals surface area contributed by atoms with E-state index in [-0.39, 0.29) is 0 Å². The second-order valence-corrected chi connectivity index (χ2v) is 2.84. The van der Waals surface area contributed by atoms with Gasteiger partial charge in [-0.15, -0.1) is 0 Å². The number of hydrogen-bond acceptors (Lipinski definition) is 5. The Hall–Kier alpha value is -1.85. The normalized spacial score (nSPS) is 10.4. The van der Waals surface area contributed by atoms with Gasteiger partial charge in [0.1, 0.15) is 5.69 Å². The molecule has 74 valence electrons. The number of imidazole rings is 1. The molecule has 0 unspecified atom stereocenters. The van der Waals surface area contributed by atoms with Crippen molar-refractivity contribution in [1.82, 2.24) is 19.7 Å². The predicted molar refractivity (Wildman–Crippen MR) is 50.7 cm³/mol. The highest BCUT2D eigenvalue weighted by Gasteiger charge is 2.10. The molecule has 6 nitrogen and oxygen atoms in total. The van der Waals surface area contributed by atoms with Gasteiger partial charge >= 0.3 is 6.01 Å². The van der Waals surface area contributed by atoms with Crippen molar-refractivity contribution in [2.75, 3.05) is 11.9 Å². The fourth-order valence-electron chi connectivity index (χ4n) is 1.12. The smallest absolute Gasteiger partial charge is 0.321 e. The van der Waals surface area contributed by atoms with Gasteiger partial charge in [-0.1, -0.05) is 5.16 Å².